The molecule has 5 nitrogen and oxygen atoms in total. The van der Waals surface area contributed by atoms with E-state index in [1.54, 1.807) is 12.1 Å². The van der Waals surface area contributed by atoms with Crippen molar-refractivity contribution in [2.24, 2.45) is 0 Å². The zero-order valence-electron chi connectivity index (χ0n) is 15.5. The van der Waals surface area contributed by atoms with Crippen molar-refractivity contribution in [3.63, 3.8) is 0 Å². The maximum Gasteiger partial charge on any atom is 0.417 e. The molecule has 0 aliphatic carbocycles. The van der Waals surface area contributed by atoms with E-state index < -0.39 is 22.7 Å². The van der Waals surface area contributed by atoms with Crippen LogP contribution in [0.2, 0.25) is 5.02 Å². The minimum atomic E-state index is -4.60. The van der Waals surface area contributed by atoms with Gasteiger partial charge in [0.2, 0.25) is 5.91 Å². The van der Waals surface area contributed by atoms with Gasteiger partial charge in [-0.25, -0.2) is 0 Å². The number of hydrogen-bond donors (Lipinski definition) is 2. The van der Waals surface area contributed by atoms with Crippen LogP contribution in [0.5, 0.6) is 11.5 Å². The molecule has 0 fully saturated rings. The van der Waals surface area contributed by atoms with E-state index in [4.69, 9.17) is 21.1 Å². The summed E-state index contributed by atoms with van der Waals surface area (Å²) in [5, 5.41) is 5.01. The molecule has 0 aliphatic heterocycles. The van der Waals surface area contributed by atoms with Crippen molar-refractivity contribution < 1.29 is 27.4 Å². The molecule has 2 aromatic carbocycles. The van der Waals surface area contributed by atoms with E-state index >= 15 is 0 Å². The molecule has 0 heterocycles. The second-order valence-electron chi connectivity index (χ2n) is 5.96. The van der Waals surface area contributed by atoms with Gasteiger partial charge in [-0.2, -0.15) is 13.2 Å². The third-order valence-electron chi connectivity index (χ3n) is 4.03. The standard InChI is InChI=1S/C19H20ClF3N2O3/c1-11(12-4-7-16(27-2)17(8-12)28-3)24-10-18(26)25-13-5-6-15(20)14(9-13)19(21,22)23/h4-9,11,24H,10H2,1-3H3,(H,25,26)/t11-/m1/s1. The zero-order valence-corrected chi connectivity index (χ0v) is 16.2. The summed E-state index contributed by atoms with van der Waals surface area (Å²) in [6.07, 6.45) is -4.60. The van der Waals surface area contributed by atoms with Gasteiger partial charge in [0.1, 0.15) is 0 Å². The van der Waals surface area contributed by atoms with E-state index in [0.29, 0.717) is 11.5 Å². The van der Waals surface area contributed by atoms with E-state index in [0.717, 1.165) is 17.7 Å². The quantitative estimate of drug-likeness (QED) is 0.689. The van der Waals surface area contributed by atoms with Crippen LogP contribution in [0.4, 0.5) is 18.9 Å². The Morgan fingerprint density at radius 3 is 2.39 bits per heavy atom. The molecule has 1 atom stereocenters. The number of carbonyl (C=O) groups is 1. The number of nitrogens with one attached hydrogen (secondary N) is 2. The molecule has 0 saturated carbocycles. The van der Waals surface area contributed by atoms with Crippen LogP contribution in [0, 0.1) is 0 Å². The van der Waals surface area contributed by atoms with E-state index in [-0.39, 0.29) is 18.3 Å². The number of carbonyl (C=O) groups excluding carboxylic acids is 1. The minimum absolute atomic E-state index is 0.0160. The lowest BCUT2D eigenvalue weighted by Crippen LogP contribution is -2.30. The largest absolute Gasteiger partial charge is 0.493 e. The highest BCUT2D eigenvalue weighted by atomic mass is 35.5. The highest BCUT2D eigenvalue weighted by Gasteiger charge is 2.33. The number of halogens is 4. The molecular weight excluding hydrogens is 397 g/mol. The second kappa shape index (κ2) is 9.16. The lowest BCUT2D eigenvalue weighted by atomic mass is 10.1. The average Bonchev–Trinajstić information content (AvgIpc) is 2.66. The summed E-state index contributed by atoms with van der Waals surface area (Å²) < 4.78 is 49.1. The molecule has 0 bridgehead atoms. The fourth-order valence-corrected chi connectivity index (χ4v) is 2.74. The fraction of sp³-hybridized carbons (Fsp3) is 0.316. The number of rotatable bonds is 7. The predicted molar refractivity (Wildman–Crippen MR) is 101 cm³/mol. The molecule has 0 unspecified atom stereocenters. The van der Waals surface area contributed by atoms with Crippen LogP contribution in [0.15, 0.2) is 36.4 Å². The highest BCUT2D eigenvalue weighted by molar-refractivity contribution is 6.31. The number of hydrogen-bond acceptors (Lipinski definition) is 4. The van der Waals surface area contributed by atoms with Crippen LogP contribution in [-0.4, -0.2) is 26.7 Å². The summed E-state index contributed by atoms with van der Waals surface area (Å²) in [6, 6.07) is 8.36. The third kappa shape index (κ3) is 5.53. The molecule has 2 rings (SSSR count). The number of amides is 1. The maximum atomic E-state index is 12.9. The average molecular weight is 417 g/mol. The van der Waals surface area contributed by atoms with Crippen LogP contribution in [0.3, 0.4) is 0 Å². The molecule has 0 radical (unpaired) electrons. The van der Waals surface area contributed by atoms with E-state index in [1.165, 1.54) is 20.3 Å². The van der Waals surface area contributed by atoms with Crippen molar-refractivity contribution in [1.29, 1.82) is 0 Å². The first-order chi connectivity index (χ1) is 13.2. The van der Waals surface area contributed by atoms with Gasteiger partial charge in [0.15, 0.2) is 11.5 Å². The summed E-state index contributed by atoms with van der Waals surface area (Å²) in [6.45, 7) is 1.75. The number of alkyl halides is 3. The van der Waals surface area contributed by atoms with Crippen LogP contribution >= 0.6 is 11.6 Å². The summed E-state index contributed by atoms with van der Waals surface area (Å²) in [4.78, 5) is 12.1. The minimum Gasteiger partial charge on any atom is -0.493 e. The molecule has 0 aromatic heterocycles. The van der Waals surface area contributed by atoms with Gasteiger partial charge in [-0.1, -0.05) is 17.7 Å². The fourth-order valence-electron chi connectivity index (χ4n) is 2.51. The van der Waals surface area contributed by atoms with Gasteiger partial charge >= 0.3 is 6.18 Å². The van der Waals surface area contributed by atoms with Gasteiger partial charge in [-0.15, -0.1) is 0 Å². The number of anilines is 1. The van der Waals surface area contributed by atoms with Gasteiger partial charge in [0, 0.05) is 11.7 Å². The Labute approximate surface area is 165 Å². The number of methoxy groups -OCH3 is 2. The van der Waals surface area contributed by atoms with Crippen molar-refractivity contribution in [1.82, 2.24) is 5.32 Å². The first-order valence-corrected chi connectivity index (χ1v) is 8.65. The lowest BCUT2D eigenvalue weighted by Gasteiger charge is -2.17. The van der Waals surface area contributed by atoms with E-state index in [9.17, 15) is 18.0 Å². The van der Waals surface area contributed by atoms with Crippen LogP contribution in [0.1, 0.15) is 24.1 Å². The second-order valence-corrected chi connectivity index (χ2v) is 6.36. The first-order valence-electron chi connectivity index (χ1n) is 8.27. The van der Waals surface area contributed by atoms with Crippen LogP contribution < -0.4 is 20.1 Å². The van der Waals surface area contributed by atoms with E-state index in [2.05, 4.69) is 10.6 Å². The monoisotopic (exact) mass is 416 g/mol. The Balaban J connectivity index is 1.99. The number of benzene rings is 2. The third-order valence-corrected chi connectivity index (χ3v) is 4.36. The molecule has 0 spiro atoms. The molecule has 2 aromatic rings. The van der Waals surface area contributed by atoms with Crippen molar-refractivity contribution >= 4 is 23.2 Å². The van der Waals surface area contributed by atoms with Crippen molar-refractivity contribution in [3.05, 3.63) is 52.5 Å². The topological polar surface area (TPSA) is 59.6 Å². The Morgan fingerprint density at radius 2 is 1.79 bits per heavy atom. The molecular formula is C19H20ClF3N2O3. The maximum absolute atomic E-state index is 12.9. The Bertz CT molecular complexity index is 844. The number of ether oxygens (including phenoxy) is 2. The predicted octanol–water partition coefficient (Wildman–Crippen LogP) is 4.67. The first kappa shape index (κ1) is 21.8. The molecule has 9 heteroatoms. The molecule has 2 N–H and O–H groups in total. The summed E-state index contributed by atoms with van der Waals surface area (Å²) >= 11 is 5.57. The lowest BCUT2D eigenvalue weighted by molar-refractivity contribution is -0.137. The molecule has 152 valence electrons. The Morgan fingerprint density at radius 1 is 1.11 bits per heavy atom. The van der Waals surface area contributed by atoms with E-state index in [1.807, 2.05) is 13.0 Å². The molecule has 0 aliphatic rings. The van der Waals surface area contributed by atoms with Gasteiger partial charge < -0.3 is 20.1 Å². The normalized spacial score (nSPS) is 12.4. The van der Waals surface area contributed by atoms with Crippen LogP contribution in [0.25, 0.3) is 0 Å². The van der Waals surface area contributed by atoms with Crippen LogP contribution in [-0.2, 0) is 11.0 Å². The van der Waals surface area contributed by atoms with Crippen molar-refractivity contribution in [2.75, 3.05) is 26.1 Å². The summed E-state index contributed by atoms with van der Waals surface area (Å²) in [5.41, 5.74) is -0.128. The zero-order chi connectivity index (χ0) is 20.9. The molecule has 28 heavy (non-hydrogen) atoms. The van der Waals surface area contributed by atoms with Gasteiger partial charge in [0.05, 0.1) is 31.4 Å². The van der Waals surface area contributed by atoms with Crippen molar-refractivity contribution in [2.45, 2.75) is 19.1 Å². The smallest absolute Gasteiger partial charge is 0.417 e. The van der Waals surface area contributed by atoms with Gasteiger partial charge in [-0.3, -0.25) is 4.79 Å². The Kier molecular flexibility index (Phi) is 7.15. The molecule has 0 saturated heterocycles. The van der Waals surface area contributed by atoms with Gasteiger partial charge in [0.25, 0.3) is 0 Å². The summed E-state index contributed by atoms with van der Waals surface area (Å²) in [5.74, 6) is 0.654. The summed E-state index contributed by atoms with van der Waals surface area (Å²) in [7, 11) is 3.05. The SMILES string of the molecule is COc1ccc([C@@H](C)NCC(=O)Nc2ccc(Cl)c(C(F)(F)F)c2)cc1OC. The highest BCUT2D eigenvalue weighted by Crippen LogP contribution is 2.36. The Hall–Kier alpha value is -2.45. The molecule has 1 amide bonds. The van der Waals surface area contributed by atoms with Gasteiger partial charge in [-0.05, 0) is 42.8 Å². The van der Waals surface area contributed by atoms with Crippen molar-refractivity contribution in [3.8, 4) is 11.5 Å².